The molecule has 0 radical (unpaired) electrons. The molecule has 4 nitrogen and oxygen atoms in total. The van der Waals surface area contributed by atoms with Crippen LogP contribution in [0.25, 0.3) is 10.8 Å². The van der Waals surface area contributed by atoms with Crippen molar-refractivity contribution < 1.29 is 14.6 Å². The number of pyridine rings is 1. The number of halogens is 1. The van der Waals surface area contributed by atoms with E-state index >= 15 is 0 Å². The third-order valence-electron chi connectivity index (χ3n) is 2.46. The number of nitrogens with zero attached hydrogens (tertiary/aromatic N) is 1. The molecule has 0 bridgehead atoms. The van der Waals surface area contributed by atoms with Gasteiger partial charge in [-0.05, 0) is 30.5 Å². The summed E-state index contributed by atoms with van der Waals surface area (Å²) < 4.78 is 5.03. The van der Waals surface area contributed by atoms with Gasteiger partial charge in [0, 0.05) is 11.1 Å². The lowest BCUT2D eigenvalue weighted by molar-refractivity contribution is 0.0693. The van der Waals surface area contributed by atoms with Crippen LogP contribution in [-0.4, -0.2) is 23.2 Å². The minimum atomic E-state index is -1.03. The largest absolute Gasteiger partial charge is 0.496 e. The maximum absolute atomic E-state index is 11.1. The van der Waals surface area contributed by atoms with Crippen molar-refractivity contribution in [3.63, 3.8) is 0 Å². The van der Waals surface area contributed by atoms with Gasteiger partial charge in [0.25, 0.3) is 0 Å². The molecule has 88 valence electrons. The van der Waals surface area contributed by atoms with Crippen LogP contribution in [-0.2, 0) is 0 Å². The number of ether oxygens (including phenoxy) is 1. The van der Waals surface area contributed by atoms with Crippen LogP contribution < -0.4 is 4.74 Å². The average molecular weight is 252 g/mol. The fraction of sp³-hybridized carbons (Fsp3) is 0.167. The highest BCUT2D eigenvalue weighted by atomic mass is 35.5. The molecule has 0 unspecified atom stereocenters. The first-order chi connectivity index (χ1) is 8.02. The highest BCUT2D eigenvalue weighted by Gasteiger charge is 2.14. The van der Waals surface area contributed by atoms with E-state index < -0.39 is 5.97 Å². The Morgan fingerprint density at radius 2 is 2.12 bits per heavy atom. The van der Waals surface area contributed by atoms with Gasteiger partial charge in [-0.25, -0.2) is 9.78 Å². The standard InChI is InChI=1S/C12H10ClNO3/c1-6-3-7-4-9(12(15)16)10(17-2)5-8(7)11(13)14-6/h3-5H,1-2H3,(H,15,16). The highest BCUT2D eigenvalue weighted by Crippen LogP contribution is 2.30. The molecule has 1 aromatic carbocycles. The quantitative estimate of drug-likeness (QED) is 0.834. The van der Waals surface area contributed by atoms with E-state index in [4.69, 9.17) is 21.4 Å². The number of aromatic nitrogens is 1. The Morgan fingerprint density at radius 1 is 1.41 bits per heavy atom. The number of fused-ring (bicyclic) bond motifs is 1. The molecule has 0 amide bonds. The summed E-state index contributed by atoms with van der Waals surface area (Å²) in [5, 5.41) is 10.8. The fourth-order valence-electron chi connectivity index (χ4n) is 1.70. The van der Waals surface area contributed by atoms with Crippen LogP contribution in [0.5, 0.6) is 5.75 Å². The van der Waals surface area contributed by atoms with Gasteiger partial charge in [0.2, 0.25) is 0 Å². The van der Waals surface area contributed by atoms with Crippen molar-refractivity contribution in [2.45, 2.75) is 6.92 Å². The molecular weight excluding hydrogens is 242 g/mol. The predicted octanol–water partition coefficient (Wildman–Crippen LogP) is 2.90. The minimum Gasteiger partial charge on any atom is -0.496 e. The molecule has 0 aliphatic rings. The van der Waals surface area contributed by atoms with Crippen LogP contribution in [0.1, 0.15) is 16.1 Å². The van der Waals surface area contributed by atoms with E-state index in [0.29, 0.717) is 10.5 Å². The number of carboxylic acids is 1. The van der Waals surface area contributed by atoms with E-state index in [1.54, 1.807) is 19.1 Å². The summed E-state index contributed by atoms with van der Waals surface area (Å²) in [5.41, 5.74) is 0.852. The van der Waals surface area contributed by atoms with Gasteiger partial charge in [0.05, 0.1) is 7.11 Å². The Hall–Kier alpha value is -1.81. The number of rotatable bonds is 2. The molecule has 0 fully saturated rings. The van der Waals surface area contributed by atoms with Crippen LogP contribution >= 0.6 is 11.6 Å². The Kier molecular flexibility index (Phi) is 2.90. The lowest BCUT2D eigenvalue weighted by atomic mass is 10.1. The molecule has 1 aromatic heterocycles. The molecule has 17 heavy (non-hydrogen) atoms. The zero-order chi connectivity index (χ0) is 12.6. The lowest BCUT2D eigenvalue weighted by Crippen LogP contribution is -2.01. The van der Waals surface area contributed by atoms with Crippen LogP contribution in [0.3, 0.4) is 0 Å². The van der Waals surface area contributed by atoms with Gasteiger partial charge < -0.3 is 9.84 Å². The predicted molar refractivity (Wildman–Crippen MR) is 65.0 cm³/mol. The van der Waals surface area contributed by atoms with Gasteiger partial charge in [0.1, 0.15) is 16.5 Å². The average Bonchev–Trinajstić information content (AvgIpc) is 2.27. The monoisotopic (exact) mass is 251 g/mol. The van der Waals surface area contributed by atoms with Gasteiger partial charge in [-0.15, -0.1) is 0 Å². The summed E-state index contributed by atoms with van der Waals surface area (Å²) in [5.74, 6) is -0.758. The van der Waals surface area contributed by atoms with Crippen molar-refractivity contribution in [1.82, 2.24) is 4.98 Å². The summed E-state index contributed by atoms with van der Waals surface area (Å²) in [6.07, 6.45) is 0. The first-order valence-corrected chi connectivity index (χ1v) is 5.29. The normalized spacial score (nSPS) is 10.5. The maximum atomic E-state index is 11.1. The molecular formula is C12H10ClNO3. The van der Waals surface area contributed by atoms with Gasteiger partial charge in [-0.3, -0.25) is 0 Å². The van der Waals surface area contributed by atoms with E-state index in [9.17, 15) is 4.79 Å². The van der Waals surface area contributed by atoms with Crippen LogP contribution in [0.2, 0.25) is 5.15 Å². The maximum Gasteiger partial charge on any atom is 0.339 e. The topological polar surface area (TPSA) is 59.4 Å². The molecule has 0 saturated carbocycles. The Balaban J connectivity index is 2.83. The smallest absolute Gasteiger partial charge is 0.339 e. The second-order valence-electron chi connectivity index (χ2n) is 3.63. The van der Waals surface area contributed by atoms with E-state index in [1.807, 2.05) is 0 Å². The Bertz CT molecular complexity index is 610. The summed E-state index contributed by atoms with van der Waals surface area (Å²) in [6, 6.07) is 4.91. The van der Waals surface area contributed by atoms with Crippen molar-refractivity contribution in [1.29, 1.82) is 0 Å². The van der Waals surface area contributed by atoms with Gasteiger partial charge in [0.15, 0.2) is 0 Å². The molecule has 1 heterocycles. The van der Waals surface area contributed by atoms with Gasteiger partial charge in [-0.2, -0.15) is 0 Å². The van der Waals surface area contributed by atoms with Gasteiger partial charge in [-0.1, -0.05) is 11.6 Å². The van der Waals surface area contributed by atoms with Gasteiger partial charge >= 0.3 is 5.97 Å². The van der Waals surface area contributed by atoms with E-state index in [0.717, 1.165) is 11.1 Å². The van der Waals surface area contributed by atoms with E-state index in [2.05, 4.69) is 4.98 Å². The Labute approximate surface area is 103 Å². The molecule has 2 aromatic rings. The highest BCUT2D eigenvalue weighted by molar-refractivity contribution is 6.34. The molecule has 0 saturated heterocycles. The number of benzene rings is 1. The molecule has 5 heteroatoms. The first-order valence-electron chi connectivity index (χ1n) is 4.91. The lowest BCUT2D eigenvalue weighted by Gasteiger charge is -2.08. The van der Waals surface area contributed by atoms with Crippen molar-refractivity contribution in [3.05, 3.63) is 34.6 Å². The second-order valence-corrected chi connectivity index (χ2v) is 3.99. The second kappa shape index (κ2) is 4.22. The van der Waals surface area contributed by atoms with Crippen molar-refractivity contribution in [3.8, 4) is 5.75 Å². The number of aromatic carboxylic acids is 1. The number of carbonyl (C=O) groups is 1. The molecule has 1 N–H and O–H groups in total. The number of hydrogen-bond acceptors (Lipinski definition) is 3. The number of methoxy groups -OCH3 is 1. The van der Waals surface area contributed by atoms with Crippen LogP contribution in [0.15, 0.2) is 18.2 Å². The molecule has 0 atom stereocenters. The third kappa shape index (κ3) is 2.03. The third-order valence-corrected chi connectivity index (χ3v) is 2.75. The van der Waals surface area contributed by atoms with Crippen LogP contribution in [0, 0.1) is 6.92 Å². The number of aryl methyl sites for hydroxylation is 1. The van der Waals surface area contributed by atoms with Crippen LogP contribution in [0.4, 0.5) is 0 Å². The molecule has 0 aliphatic carbocycles. The summed E-state index contributed by atoms with van der Waals surface area (Å²) in [7, 11) is 1.42. The SMILES string of the molecule is COc1cc2c(Cl)nc(C)cc2cc1C(=O)O. The summed E-state index contributed by atoms with van der Waals surface area (Å²) >= 11 is 6.01. The van der Waals surface area contributed by atoms with Crippen molar-refractivity contribution >= 4 is 28.3 Å². The molecule has 0 aliphatic heterocycles. The summed E-state index contributed by atoms with van der Waals surface area (Å²) in [4.78, 5) is 15.2. The molecule has 2 rings (SSSR count). The minimum absolute atomic E-state index is 0.113. The van der Waals surface area contributed by atoms with E-state index in [1.165, 1.54) is 13.2 Å². The van der Waals surface area contributed by atoms with Crippen molar-refractivity contribution in [2.24, 2.45) is 0 Å². The fourth-order valence-corrected chi connectivity index (χ4v) is 2.00. The number of hydrogen-bond donors (Lipinski definition) is 1. The Morgan fingerprint density at radius 3 is 2.71 bits per heavy atom. The number of carboxylic acid groups (broad SMARTS) is 1. The zero-order valence-corrected chi connectivity index (χ0v) is 10.1. The summed E-state index contributed by atoms with van der Waals surface area (Å²) in [6.45, 7) is 1.80. The zero-order valence-electron chi connectivity index (χ0n) is 9.32. The molecule has 0 spiro atoms. The van der Waals surface area contributed by atoms with E-state index in [-0.39, 0.29) is 11.3 Å². The first kappa shape index (κ1) is 11.7. The van der Waals surface area contributed by atoms with Crippen molar-refractivity contribution in [2.75, 3.05) is 7.11 Å².